The van der Waals surface area contributed by atoms with E-state index in [9.17, 15) is 14.9 Å². The quantitative estimate of drug-likeness (QED) is 0.629. The van der Waals surface area contributed by atoms with Crippen molar-refractivity contribution in [3.63, 3.8) is 0 Å². The molecule has 1 aromatic carbocycles. The summed E-state index contributed by atoms with van der Waals surface area (Å²) in [5, 5.41) is 16.6. The smallest absolute Gasteiger partial charge is 0.282 e. The fourth-order valence-electron chi connectivity index (χ4n) is 1.87. The predicted molar refractivity (Wildman–Crippen MR) is 77.1 cm³/mol. The summed E-state index contributed by atoms with van der Waals surface area (Å²) >= 11 is 0. The van der Waals surface area contributed by atoms with Crippen LogP contribution in [0, 0.1) is 10.1 Å². The van der Waals surface area contributed by atoms with Crippen LogP contribution in [-0.2, 0) is 6.54 Å². The third-order valence-corrected chi connectivity index (χ3v) is 2.82. The number of furan rings is 1. The number of carbonyl (C=O) groups is 1. The molecule has 2 N–H and O–H groups in total. The molecule has 0 saturated carbocycles. The van der Waals surface area contributed by atoms with E-state index in [0.29, 0.717) is 18.0 Å². The summed E-state index contributed by atoms with van der Waals surface area (Å²) in [5.41, 5.74) is 0.449. The summed E-state index contributed by atoms with van der Waals surface area (Å²) in [6.07, 6.45) is 1.50. The van der Waals surface area contributed by atoms with E-state index in [0.717, 1.165) is 0 Å². The lowest BCUT2D eigenvalue weighted by Crippen LogP contribution is -2.23. The Morgan fingerprint density at radius 2 is 2.19 bits per heavy atom. The number of nitro groups is 1. The highest BCUT2D eigenvalue weighted by Gasteiger charge is 2.20. The van der Waals surface area contributed by atoms with Crippen LogP contribution < -0.4 is 10.6 Å². The molecule has 0 fully saturated rings. The Bertz CT molecular complexity index is 638. The third kappa shape index (κ3) is 3.59. The van der Waals surface area contributed by atoms with Crippen LogP contribution in [0.3, 0.4) is 0 Å². The van der Waals surface area contributed by atoms with Crippen LogP contribution in [0.15, 0.2) is 41.0 Å². The number of anilines is 1. The second kappa shape index (κ2) is 6.56. The van der Waals surface area contributed by atoms with Gasteiger partial charge in [0.2, 0.25) is 0 Å². The SMILES string of the molecule is CCNc1ccc([N+](=O)[O-])c(C(=O)NCc2ccco2)c1. The monoisotopic (exact) mass is 289 g/mol. The number of amides is 1. The van der Waals surface area contributed by atoms with Crippen molar-refractivity contribution in [1.82, 2.24) is 5.32 Å². The van der Waals surface area contributed by atoms with Crippen molar-refractivity contribution in [3.8, 4) is 0 Å². The van der Waals surface area contributed by atoms with Gasteiger partial charge < -0.3 is 15.1 Å². The molecular formula is C14H15N3O4. The highest BCUT2D eigenvalue weighted by molar-refractivity contribution is 5.99. The lowest BCUT2D eigenvalue weighted by molar-refractivity contribution is -0.385. The molecule has 2 rings (SSSR count). The number of benzene rings is 1. The van der Waals surface area contributed by atoms with Crippen LogP contribution in [0.5, 0.6) is 0 Å². The van der Waals surface area contributed by atoms with E-state index in [1.165, 1.54) is 18.4 Å². The van der Waals surface area contributed by atoms with Crippen LogP contribution in [-0.4, -0.2) is 17.4 Å². The van der Waals surface area contributed by atoms with Crippen molar-refractivity contribution < 1.29 is 14.1 Å². The van der Waals surface area contributed by atoms with Gasteiger partial charge in [-0.25, -0.2) is 0 Å². The molecule has 0 spiro atoms. The molecule has 0 atom stereocenters. The minimum absolute atomic E-state index is 0.0185. The molecule has 0 aliphatic rings. The molecule has 0 saturated heterocycles. The van der Waals surface area contributed by atoms with E-state index in [-0.39, 0.29) is 17.8 Å². The second-order valence-corrected chi connectivity index (χ2v) is 4.28. The molecule has 110 valence electrons. The van der Waals surface area contributed by atoms with E-state index in [1.807, 2.05) is 6.92 Å². The predicted octanol–water partition coefficient (Wildman–Crippen LogP) is 2.55. The molecule has 1 aromatic heterocycles. The van der Waals surface area contributed by atoms with Gasteiger partial charge in [0.1, 0.15) is 11.3 Å². The van der Waals surface area contributed by atoms with Crippen molar-refractivity contribution in [2.75, 3.05) is 11.9 Å². The first kappa shape index (κ1) is 14.6. The molecule has 1 amide bonds. The van der Waals surface area contributed by atoms with E-state index < -0.39 is 10.8 Å². The molecular weight excluding hydrogens is 274 g/mol. The zero-order valence-electron chi connectivity index (χ0n) is 11.5. The van der Waals surface area contributed by atoms with Crippen LogP contribution in [0.25, 0.3) is 0 Å². The van der Waals surface area contributed by atoms with Crippen molar-refractivity contribution in [2.45, 2.75) is 13.5 Å². The summed E-state index contributed by atoms with van der Waals surface area (Å²) in [6, 6.07) is 7.78. The van der Waals surface area contributed by atoms with Gasteiger partial charge in [0, 0.05) is 18.3 Å². The standard InChI is InChI=1S/C14H15N3O4/c1-2-15-10-5-6-13(17(19)20)12(8-10)14(18)16-9-11-4-3-7-21-11/h3-8,15H,2,9H2,1H3,(H,16,18). The van der Waals surface area contributed by atoms with Crippen molar-refractivity contribution >= 4 is 17.3 Å². The topological polar surface area (TPSA) is 97.4 Å². The maximum Gasteiger partial charge on any atom is 0.282 e. The highest BCUT2D eigenvalue weighted by atomic mass is 16.6. The summed E-state index contributed by atoms with van der Waals surface area (Å²) in [7, 11) is 0. The molecule has 0 bridgehead atoms. The third-order valence-electron chi connectivity index (χ3n) is 2.82. The van der Waals surface area contributed by atoms with Gasteiger partial charge in [0.25, 0.3) is 11.6 Å². The molecule has 2 aromatic rings. The Kier molecular flexibility index (Phi) is 4.55. The minimum atomic E-state index is -0.572. The number of hydrogen-bond acceptors (Lipinski definition) is 5. The van der Waals surface area contributed by atoms with E-state index in [2.05, 4.69) is 10.6 Å². The lowest BCUT2D eigenvalue weighted by atomic mass is 10.1. The van der Waals surface area contributed by atoms with Crippen molar-refractivity contribution in [3.05, 3.63) is 58.0 Å². The summed E-state index contributed by atoms with van der Waals surface area (Å²) in [6.45, 7) is 2.73. The fraction of sp³-hybridized carbons (Fsp3) is 0.214. The summed E-state index contributed by atoms with van der Waals surface area (Å²) < 4.78 is 5.10. The van der Waals surface area contributed by atoms with Gasteiger partial charge in [-0.05, 0) is 31.2 Å². The van der Waals surface area contributed by atoms with Crippen molar-refractivity contribution in [1.29, 1.82) is 0 Å². The molecule has 21 heavy (non-hydrogen) atoms. The number of hydrogen-bond donors (Lipinski definition) is 2. The largest absolute Gasteiger partial charge is 0.467 e. The number of nitrogens with one attached hydrogen (secondary N) is 2. The Balaban J connectivity index is 2.20. The van der Waals surface area contributed by atoms with Crippen LogP contribution >= 0.6 is 0 Å². The Labute approximate surface area is 121 Å². The fourth-order valence-corrected chi connectivity index (χ4v) is 1.87. The minimum Gasteiger partial charge on any atom is -0.467 e. The van der Waals surface area contributed by atoms with Gasteiger partial charge >= 0.3 is 0 Å². The Hall–Kier alpha value is -2.83. The maximum absolute atomic E-state index is 12.1. The zero-order valence-corrected chi connectivity index (χ0v) is 11.5. The van der Waals surface area contributed by atoms with Crippen LogP contribution in [0.2, 0.25) is 0 Å². The zero-order chi connectivity index (χ0) is 15.2. The average Bonchev–Trinajstić information content (AvgIpc) is 2.98. The van der Waals surface area contributed by atoms with Gasteiger partial charge in [0.05, 0.1) is 17.7 Å². The number of carbonyl (C=O) groups excluding carboxylic acids is 1. The number of rotatable bonds is 6. The average molecular weight is 289 g/mol. The summed E-state index contributed by atoms with van der Waals surface area (Å²) in [5.74, 6) is 0.0618. The molecule has 7 heteroatoms. The highest BCUT2D eigenvalue weighted by Crippen LogP contribution is 2.22. The first-order chi connectivity index (χ1) is 10.1. The molecule has 0 aliphatic heterocycles. The van der Waals surface area contributed by atoms with Gasteiger partial charge in [-0.2, -0.15) is 0 Å². The van der Waals surface area contributed by atoms with Crippen LogP contribution in [0.1, 0.15) is 23.0 Å². The van der Waals surface area contributed by atoms with Gasteiger partial charge in [0.15, 0.2) is 0 Å². The first-order valence-corrected chi connectivity index (χ1v) is 6.44. The van der Waals surface area contributed by atoms with Gasteiger partial charge in [-0.1, -0.05) is 0 Å². The van der Waals surface area contributed by atoms with E-state index in [1.54, 1.807) is 18.2 Å². The maximum atomic E-state index is 12.1. The van der Waals surface area contributed by atoms with E-state index in [4.69, 9.17) is 4.42 Å². The molecule has 0 unspecified atom stereocenters. The first-order valence-electron chi connectivity index (χ1n) is 6.44. The summed E-state index contributed by atoms with van der Waals surface area (Å²) in [4.78, 5) is 22.6. The van der Waals surface area contributed by atoms with Gasteiger partial charge in [-0.15, -0.1) is 0 Å². The Morgan fingerprint density at radius 1 is 1.38 bits per heavy atom. The Morgan fingerprint density at radius 3 is 2.81 bits per heavy atom. The lowest BCUT2D eigenvalue weighted by Gasteiger charge is -2.08. The van der Waals surface area contributed by atoms with Gasteiger partial charge in [-0.3, -0.25) is 14.9 Å². The van der Waals surface area contributed by atoms with Crippen molar-refractivity contribution in [2.24, 2.45) is 0 Å². The molecule has 0 radical (unpaired) electrons. The normalized spacial score (nSPS) is 10.1. The number of nitro benzene ring substituents is 1. The second-order valence-electron chi connectivity index (χ2n) is 4.28. The molecule has 1 heterocycles. The van der Waals surface area contributed by atoms with Crippen LogP contribution in [0.4, 0.5) is 11.4 Å². The number of nitrogens with zero attached hydrogens (tertiary/aromatic N) is 1. The molecule has 7 nitrogen and oxygen atoms in total. The van der Waals surface area contributed by atoms with E-state index >= 15 is 0 Å². The molecule has 0 aliphatic carbocycles.